The number of methoxy groups -OCH3 is 1. The third-order valence-corrected chi connectivity index (χ3v) is 9.60. The van der Waals surface area contributed by atoms with Crippen LogP contribution in [0.3, 0.4) is 0 Å². The van der Waals surface area contributed by atoms with Gasteiger partial charge in [-0.25, -0.2) is 0 Å². The van der Waals surface area contributed by atoms with Crippen LogP contribution in [0.4, 0.5) is 24.7 Å². The van der Waals surface area contributed by atoms with Gasteiger partial charge in [0.2, 0.25) is 0 Å². The van der Waals surface area contributed by atoms with Crippen molar-refractivity contribution in [3.8, 4) is 17.6 Å². The molecule has 0 bridgehead atoms. The third kappa shape index (κ3) is 6.48. The Morgan fingerprint density at radius 1 is 1.26 bits per heavy atom. The Morgan fingerprint density at radius 2 is 2.02 bits per heavy atom. The van der Waals surface area contributed by atoms with E-state index < -0.39 is 20.0 Å². The summed E-state index contributed by atoms with van der Waals surface area (Å²) >= 11 is -1.82. The van der Waals surface area contributed by atoms with Crippen molar-refractivity contribution in [3.63, 3.8) is 0 Å². The van der Waals surface area contributed by atoms with Crippen LogP contribution in [0.1, 0.15) is 43.2 Å². The minimum absolute atomic E-state index is 0.0693. The van der Waals surface area contributed by atoms with Crippen molar-refractivity contribution in [2.75, 3.05) is 51.5 Å². The van der Waals surface area contributed by atoms with Gasteiger partial charge in [-0.15, -0.1) is 0 Å². The first-order valence-electron chi connectivity index (χ1n) is 13.9. The number of hydrogen-bond donors (Lipinski definition) is 3. The zero-order chi connectivity index (χ0) is 30.7. The number of amides is 1. The van der Waals surface area contributed by atoms with Crippen molar-refractivity contribution in [1.82, 2.24) is 19.8 Å². The summed E-state index contributed by atoms with van der Waals surface area (Å²) in [5.74, 6) is 7.66. The number of fused-ring (bicyclic) bond motifs is 2. The summed E-state index contributed by atoms with van der Waals surface area (Å²) in [6.07, 6.45) is 0.968. The molecule has 3 heterocycles. The molecule has 1 amide bonds. The van der Waals surface area contributed by atoms with E-state index in [1.54, 1.807) is 34.8 Å². The van der Waals surface area contributed by atoms with Crippen LogP contribution >= 0.6 is 0 Å². The normalized spacial score (nSPS) is 21.3. The minimum atomic E-state index is -4.36. The summed E-state index contributed by atoms with van der Waals surface area (Å²) in [5, 5.41) is 9.53. The van der Waals surface area contributed by atoms with Crippen molar-refractivity contribution < 1.29 is 22.7 Å². The van der Waals surface area contributed by atoms with Crippen molar-refractivity contribution in [3.05, 3.63) is 47.7 Å². The molecule has 0 spiro atoms. The van der Waals surface area contributed by atoms with Crippen LogP contribution in [0.15, 0.2) is 36.4 Å². The molecule has 1 aromatic carbocycles. The Bertz CT molecular complexity index is 1500. The number of rotatable bonds is 7. The molecule has 2 fully saturated rings. The molecule has 1 saturated heterocycles. The molecule has 0 radical (unpaired) electrons. The number of carbonyl (C=O) groups excluding carboxylic acids is 1. The second-order valence-electron chi connectivity index (χ2n) is 10.2. The van der Waals surface area contributed by atoms with E-state index in [0.29, 0.717) is 40.2 Å². The van der Waals surface area contributed by atoms with Gasteiger partial charge in [-0.1, -0.05) is 13.8 Å². The van der Waals surface area contributed by atoms with E-state index in [-0.39, 0.29) is 28.1 Å². The van der Waals surface area contributed by atoms with Gasteiger partial charge in [0.15, 0.2) is 0 Å². The number of ether oxygens (including phenoxy) is 1. The monoisotopic (exact) mass is 650 g/mol. The first-order valence-corrected chi connectivity index (χ1v) is 15.6. The van der Waals surface area contributed by atoms with Gasteiger partial charge >= 0.3 is 237 Å². The van der Waals surface area contributed by atoms with Crippen LogP contribution in [0, 0.1) is 23.7 Å². The molecule has 3 unspecified atom stereocenters. The maximum atomic E-state index is 13.6. The standard InChI is InChI=1S/C28H31F3N6O2Se.C2H6/c1-17-19-16-36(3)14-12-27(17,19)34-24-9-5-8-22-25(40-28(29,30)31)20(35-37(22)24)7-6-13-33-21-15-18(26(38)32-2)10-11-23(21)39-4;1-2/h5,8-11,15,17,19,33-34H,12-14,16H2,1-4H3,(H,32,38);1-2H3. The molecule has 1 aliphatic carbocycles. The molecule has 12 heteroatoms. The first-order chi connectivity index (χ1) is 20.1. The van der Waals surface area contributed by atoms with Gasteiger partial charge in [0.25, 0.3) is 0 Å². The molecule has 1 saturated carbocycles. The molecule has 3 atom stereocenters. The van der Waals surface area contributed by atoms with E-state index in [1.165, 1.54) is 14.2 Å². The fourth-order valence-corrected chi connectivity index (χ4v) is 7.03. The summed E-state index contributed by atoms with van der Waals surface area (Å²) in [5.41, 5.74) is 1.43. The Morgan fingerprint density at radius 3 is 2.69 bits per heavy atom. The number of nitrogens with zero attached hydrogens (tertiary/aromatic N) is 3. The van der Waals surface area contributed by atoms with Crippen molar-refractivity contribution in [2.24, 2.45) is 11.8 Å². The molecule has 226 valence electrons. The number of benzene rings is 1. The number of anilines is 2. The SMILES string of the molecule is CC.CNC(=O)c1ccc(OC)c(NCC#Cc2nn3c(NC45CCN(C)CC4C5C)cccc3c2[Se]C(F)(F)F)c1. The van der Waals surface area contributed by atoms with E-state index in [4.69, 9.17) is 4.74 Å². The summed E-state index contributed by atoms with van der Waals surface area (Å²) < 4.78 is 48.0. The number of aromatic nitrogens is 2. The fourth-order valence-electron chi connectivity index (χ4n) is 5.61. The van der Waals surface area contributed by atoms with Crippen LogP contribution in [0.25, 0.3) is 5.52 Å². The zero-order valence-electron chi connectivity index (χ0n) is 24.6. The second-order valence-corrected chi connectivity index (χ2v) is 12.4. The predicted octanol–water partition coefficient (Wildman–Crippen LogP) is 3.79. The van der Waals surface area contributed by atoms with Gasteiger partial charge in [0, 0.05) is 0 Å². The average molecular weight is 650 g/mol. The molecule has 42 heavy (non-hydrogen) atoms. The molecular formula is C30H37F3N6O2Se. The fraction of sp³-hybridized carbons (Fsp3) is 0.467. The van der Waals surface area contributed by atoms with Crippen LogP contribution in [-0.4, -0.2) is 86.8 Å². The number of piperidine rings is 1. The molecular weight excluding hydrogens is 612 g/mol. The summed E-state index contributed by atoms with van der Waals surface area (Å²) in [4.78, 5) is 14.3. The predicted molar refractivity (Wildman–Crippen MR) is 161 cm³/mol. The number of halogens is 3. The first kappa shape index (κ1) is 31.5. The van der Waals surface area contributed by atoms with E-state index in [1.807, 2.05) is 19.9 Å². The van der Waals surface area contributed by atoms with Gasteiger partial charge in [-0.2, -0.15) is 0 Å². The quantitative estimate of drug-likeness (QED) is 0.267. The zero-order valence-corrected chi connectivity index (χ0v) is 26.4. The number of alkyl halides is 3. The van der Waals surface area contributed by atoms with Crippen LogP contribution in [0.2, 0.25) is 0 Å². The van der Waals surface area contributed by atoms with Crippen LogP contribution < -0.4 is 25.1 Å². The molecule has 1 aliphatic heterocycles. The van der Waals surface area contributed by atoms with Crippen LogP contribution in [-0.2, 0) is 0 Å². The van der Waals surface area contributed by atoms with E-state index >= 15 is 0 Å². The van der Waals surface area contributed by atoms with Crippen molar-refractivity contribution in [1.29, 1.82) is 0 Å². The van der Waals surface area contributed by atoms with Gasteiger partial charge in [0.05, 0.1) is 0 Å². The molecule has 5 rings (SSSR count). The van der Waals surface area contributed by atoms with Crippen molar-refractivity contribution in [2.45, 2.75) is 37.8 Å². The average Bonchev–Trinajstić information content (AvgIpc) is 3.37. The number of carbonyl (C=O) groups is 1. The Hall–Kier alpha value is -3.39. The van der Waals surface area contributed by atoms with Gasteiger partial charge < -0.3 is 0 Å². The van der Waals surface area contributed by atoms with Crippen LogP contribution in [0.5, 0.6) is 5.75 Å². The van der Waals surface area contributed by atoms with Crippen molar-refractivity contribution >= 4 is 42.3 Å². The Balaban J connectivity index is 0.00000198. The molecule has 8 nitrogen and oxygen atoms in total. The number of likely N-dealkylation sites (tertiary alicyclic amines) is 1. The molecule has 2 aliphatic rings. The summed E-state index contributed by atoms with van der Waals surface area (Å²) in [6.45, 7) is 8.29. The van der Waals surface area contributed by atoms with E-state index in [0.717, 1.165) is 19.5 Å². The van der Waals surface area contributed by atoms with Gasteiger partial charge in [0.1, 0.15) is 0 Å². The van der Waals surface area contributed by atoms with Gasteiger partial charge in [-0.05, 0) is 0 Å². The number of pyridine rings is 1. The number of hydrogen-bond acceptors (Lipinski definition) is 6. The van der Waals surface area contributed by atoms with Gasteiger partial charge in [-0.3, -0.25) is 0 Å². The maximum absolute atomic E-state index is 13.6. The Labute approximate surface area is 250 Å². The van der Waals surface area contributed by atoms with E-state index in [2.05, 4.69) is 51.8 Å². The van der Waals surface area contributed by atoms with E-state index in [9.17, 15) is 18.0 Å². The topological polar surface area (TPSA) is 82.9 Å². The molecule has 3 aromatic rings. The molecule has 2 aromatic heterocycles. The second kappa shape index (κ2) is 12.9. The molecule has 3 N–H and O–H groups in total. The third-order valence-electron chi connectivity index (χ3n) is 7.84. The summed E-state index contributed by atoms with van der Waals surface area (Å²) in [6, 6.07) is 10.2. The Kier molecular flexibility index (Phi) is 9.66. The summed E-state index contributed by atoms with van der Waals surface area (Å²) in [7, 11) is 5.16. The number of nitrogens with one attached hydrogen (secondary N) is 3.